The molecule has 1 atom stereocenters. The zero-order chi connectivity index (χ0) is 14.4. The zero-order valence-corrected chi connectivity index (χ0v) is 11.9. The summed E-state index contributed by atoms with van der Waals surface area (Å²) in [6.45, 7) is 0.369. The number of carbonyl (C=O) groups excluding carboxylic acids is 1. The molecule has 20 heavy (non-hydrogen) atoms. The van der Waals surface area contributed by atoms with Crippen LogP contribution in [-0.4, -0.2) is 35.1 Å². The lowest BCUT2D eigenvalue weighted by molar-refractivity contribution is -0.136. The standard InChI is InChI=1S/C16H24N2O2/c17-15(13-7-3-1-4-8-13)16(20)18(11-12-19)14-9-5-2-6-10-14/h1,3-4,7-8,14-15,19H,2,5-6,9-12,17H2/t15-/m1/s1. The molecule has 0 saturated heterocycles. The lowest BCUT2D eigenvalue weighted by Crippen LogP contribution is -2.47. The van der Waals surface area contributed by atoms with E-state index in [9.17, 15) is 9.90 Å². The summed E-state index contributed by atoms with van der Waals surface area (Å²) in [5.74, 6) is -0.0721. The van der Waals surface area contributed by atoms with Crippen molar-refractivity contribution in [1.29, 1.82) is 0 Å². The molecule has 1 aliphatic rings. The molecule has 110 valence electrons. The molecule has 1 saturated carbocycles. The molecule has 2 rings (SSSR count). The number of hydrogen-bond acceptors (Lipinski definition) is 3. The number of nitrogens with zero attached hydrogens (tertiary/aromatic N) is 1. The number of benzene rings is 1. The highest BCUT2D eigenvalue weighted by Gasteiger charge is 2.29. The minimum absolute atomic E-state index is 0.0102. The minimum atomic E-state index is -0.635. The molecule has 1 aromatic rings. The summed E-state index contributed by atoms with van der Waals surface area (Å²) in [6.07, 6.45) is 5.59. The van der Waals surface area contributed by atoms with Crippen molar-refractivity contribution < 1.29 is 9.90 Å². The van der Waals surface area contributed by atoms with Gasteiger partial charge in [0, 0.05) is 12.6 Å². The SMILES string of the molecule is N[C@@H](C(=O)N(CCO)C1CCCCC1)c1ccccc1. The second-order valence-electron chi connectivity index (χ2n) is 5.44. The van der Waals surface area contributed by atoms with Crippen LogP contribution in [0.15, 0.2) is 30.3 Å². The summed E-state index contributed by atoms with van der Waals surface area (Å²) in [5.41, 5.74) is 6.93. The minimum Gasteiger partial charge on any atom is -0.395 e. The van der Waals surface area contributed by atoms with Crippen molar-refractivity contribution in [3.05, 3.63) is 35.9 Å². The van der Waals surface area contributed by atoms with Crippen molar-refractivity contribution in [3.63, 3.8) is 0 Å². The van der Waals surface area contributed by atoms with Crippen LogP contribution in [0.2, 0.25) is 0 Å². The fourth-order valence-electron chi connectivity index (χ4n) is 2.95. The predicted octanol–water partition coefficient (Wildman–Crippen LogP) is 1.84. The number of amides is 1. The number of aliphatic hydroxyl groups excluding tert-OH is 1. The molecule has 1 aliphatic carbocycles. The predicted molar refractivity (Wildman–Crippen MR) is 79.0 cm³/mol. The maximum absolute atomic E-state index is 12.6. The second kappa shape index (κ2) is 7.41. The Morgan fingerprint density at radius 2 is 1.90 bits per heavy atom. The molecule has 0 spiro atoms. The van der Waals surface area contributed by atoms with E-state index >= 15 is 0 Å². The molecule has 4 nitrogen and oxygen atoms in total. The molecule has 0 aliphatic heterocycles. The number of carbonyl (C=O) groups is 1. The average Bonchev–Trinajstić information content (AvgIpc) is 2.53. The van der Waals surface area contributed by atoms with Gasteiger partial charge in [-0.2, -0.15) is 0 Å². The van der Waals surface area contributed by atoms with E-state index in [2.05, 4.69) is 0 Å². The van der Waals surface area contributed by atoms with Crippen LogP contribution in [-0.2, 0) is 4.79 Å². The van der Waals surface area contributed by atoms with Gasteiger partial charge in [-0.1, -0.05) is 49.6 Å². The van der Waals surface area contributed by atoms with E-state index < -0.39 is 6.04 Å². The fraction of sp³-hybridized carbons (Fsp3) is 0.562. The maximum atomic E-state index is 12.6. The highest BCUT2D eigenvalue weighted by Crippen LogP contribution is 2.24. The second-order valence-corrected chi connectivity index (χ2v) is 5.44. The summed E-state index contributed by atoms with van der Waals surface area (Å²) in [6, 6.07) is 9.04. The van der Waals surface area contributed by atoms with Gasteiger partial charge in [-0.05, 0) is 18.4 Å². The molecule has 3 N–H and O–H groups in total. The first-order valence-corrected chi connectivity index (χ1v) is 7.46. The smallest absolute Gasteiger partial charge is 0.244 e. The van der Waals surface area contributed by atoms with Gasteiger partial charge in [-0.25, -0.2) is 0 Å². The first-order chi connectivity index (χ1) is 9.74. The summed E-state index contributed by atoms with van der Waals surface area (Å²) in [7, 11) is 0. The molecule has 0 unspecified atom stereocenters. The third-order valence-electron chi connectivity index (χ3n) is 4.06. The quantitative estimate of drug-likeness (QED) is 0.862. The van der Waals surface area contributed by atoms with Crippen molar-refractivity contribution >= 4 is 5.91 Å². The molecule has 1 amide bonds. The molecule has 1 fully saturated rings. The van der Waals surface area contributed by atoms with E-state index in [1.807, 2.05) is 30.3 Å². The fourth-order valence-corrected chi connectivity index (χ4v) is 2.95. The Balaban J connectivity index is 2.09. The largest absolute Gasteiger partial charge is 0.395 e. The monoisotopic (exact) mass is 276 g/mol. The van der Waals surface area contributed by atoms with Gasteiger partial charge in [0.2, 0.25) is 5.91 Å². The van der Waals surface area contributed by atoms with Gasteiger partial charge < -0.3 is 15.7 Å². The lowest BCUT2D eigenvalue weighted by Gasteiger charge is -2.35. The van der Waals surface area contributed by atoms with Crippen LogP contribution in [0.5, 0.6) is 0 Å². The summed E-state index contributed by atoms with van der Waals surface area (Å²) < 4.78 is 0. The number of aliphatic hydroxyl groups is 1. The van der Waals surface area contributed by atoms with Gasteiger partial charge in [-0.15, -0.1) is 0 Å². The number of hydrogen-bond donors (Lipinski definition) is 2. The molecular formula is C16H24N2O2. The Bertz CT molecular complexity index is 416. The van der Waals surface area contributed by atoms with Crippen LogP contribution in [0.4, 0.5) is 0 Å². The molecular weight excluding hydrogens is 252 g/mol. The third-order valence-corrected chi connectivity index (χ3v) is 4.06. The first kappa shape index (κ1) is 15.0. The Kier molecular flexibility index (Phi) is 5.56. The van der Waals surface area contributed by atoms with E-state index in [1.165, 1.54) is 6.42 Å². The van der Waals surface area contributed by atoms with Crippen LogP contribution in [0.3, 0.4) is 0 Å². The topological polar surface area (TPSA) is 66.6 Å². The first-order valence-electron chi connectivity index (χ1n) is 7.46. The normalized spacial score (nSPS) is 17.7. The molecule has 1 aromatic carbocycles. The maximum Gasteiger partial charge on any atom is 0.244 e. The number of nitrogens with two attached hydrogens (primary N) is 1. The van der Waals surface area contributed by atoms with Crippen LogP contribution in [0, 0.1) is 0 Å². The van der Waals surface area contributed by atoms with Crippen molar-refractivity contribution in [2.75, 3.05) is 13.2 Å². The molecule has 4 heteroatoms. The van der Waals surface area contributed by atoms with Crippen LogP contribution < -0.4 is 5.73 Å². The van der Waals surface area contributed by atoms with E-state index in [-0.39, 0.29) is 18.6 Å². The van der Waals surface area contributed by atoms with E-state index in [0.717, 1.165) is 31.2 Å². The summed E-state index contributed by atoms with van der Waals surface area (Å²) >= 11 is 0. The van der Waals surface area contributed by atoms with Crippen molar-refractivity contribution in [1.82, 2.24) is 4.90 Å². The summed E-state index contributed by atoms with van der Waals surface area (Å²) in [4.78, 5) is 14.4. The van der Waals surface area contributed by atoms with E-state index in [0.29, 0.717) is 6.54 Å². The van der Waals surface area contributed by atoms with Crippen LogP contribution >= 0.6 is 0 Å². The van der Waals surface area contributed by atoms with Gasteiger partial charge in [0.05, 0.1) is 6.61 Å². The summed E-state index contributed by atoms with van der Waals surface area (Å²) in [5, 5.41) is 9.23. The Labute approximate surface area is 120 Å². The third kappa shape index (κ3) is 3.58. The molecule has 0 radical (unpaired) electrons. The number of rotatable bonds is 5. The molecule has 0 bridgehead atoms. The highest BCUT2D eigenvalue weighted by molar-refractivity contribution is 5.83. The van der Waals surface area contributed by atoms with Crippen LogP contribution in [0.1, 0.15) is 43.7 Å². The van der Waals surface area contributed by atoms with E-state index in [4.69, 9.17) is 5.73 Å². The average molecular weight is 276 g/mol. The van der Waals surface area contributed by atoms with Gasteiger partial charge in [-0.3, -0.25) is 4.79 Å². The zero-order valence-electron chi connectivity index (χ0n) is 11.9. The Morgan fingerprint density at radius 3 is 2.50 bits per heavy atom. The molecule has 0 aromatic heterocycles. The molecule has 0 heterocycles. The van der Waals surface area contributed by atoms with Gasteiger partial charge in [0.25, 0.3) is 0 Å². The van der Waals surface area contributed by atoms with Gasteiger partial charge >= 0.3 is 0 Å². The van der Waals surface area contributed by atoms with E-state index in [1.54, 1.807) is 4.90 Å². The van der Waals surface area contributed by atoms with Crippen molar-refractivity contribution in [3.8, 4) is 0 Å². The van der Waals surface area contributed by atoms with Crippen LogP contribution in [0.25, 0.3) is 0 Å². The van der Waals surface area contributed by atoms with Gasteiger partial charge in [0.15, 0.2) is 0 Å². The highest BCUT2D eigenvalue weighted by atomic mass is 16.3. The van der Waals surface area contributed by atoms with Gasteiger partial charge in [0.1, 0.15) is 6.04 Å². The van der Waals surface area contributed by atoms with Crippen molar-refractivity contribution in [2.45, 2.75) is 44.2 Å². The Morgan fingerprint density at radius 1 is 1.25 bits per heavy atom. The lowest BCUT2D eigenvalue weighted by atomic mass is 9.93. The Hall–Kier alpha value is -1.39. The van der Waals surface area contributed by atoms with Crippen molar-refractivity contribution in [2.24, 2.45) is 5.73 Å².